The van der Waals surface area contributed by atoms with E-state index in [1.165, 1.54) is 81.8 Å². The molecule has 0 amide bonds. The predicted molar refractivity (Wildman–Crippen MR) is 276 cm³/mol. The molecule has 4 aliphatic rings. The third-order valence-corrected chi connectivity index (χ3v) is 17.2. The number of nitrogens with zero attached hydrogens (tertiary/aromatic N) is 1. The molecule has 1 aliphatic heterocycles. The Kier molecular flexibility index (Phi) is 7.83. The van der Waals surface area contributed by atoms with Crippen LogP contribution in [0.1, 0.15) is 60.6 Å². The zero-order valence-corrected chi connectivity index (χ0v) is 37.9. The first-order valence-electron chi connectivity index (χ1n) is 23.2. The molecule has 0 bridgehead atoms. The summed E-state index contributed by atoms with van der Waals surface area (Å²) >= 11 is 1.90. The lowest BCUT2D eigenvalue weighted by Crippen LogP contribution is -2.35. The third kappa shape index (κ3) is 4.88. The lowest BCUT2D eigenvalue weighted by Gasteiger charge is -2.41. The molecule has 0 saturated carbocycles. The summed E-state index contributed by atoms with van der Waals surface area (Å²) < 4.78 is 6.43. The number of benzene rings is 9. The van der Waals surface area contributed by atoms with Crippen LogP contribution in [0.5, 0.6) is 0 Å². The molecular formula is C63H45NOS. The zero-order chi connectivity index (χ0) is 43.9. The second-order valence-corrected chi connectivity index (χ2v) is 20.4. The molecule has 14 rings (SSSR count). The van der Waals surface area contributed by atoms with Gasteiger partial charge in [0.1, 0.15) is 11.2 Å². The lowest BCUT2D eigenvalue weighted by molar-refractivity contribution is 0.271. The fourth-order valence-electron chi connectivity index (χ4n) is 12.6. The van der Waals surface area contributed by atoms with Crippen molar-refractivity contribution in [2.75, 3.05) is 4.90 Å². The maximum Gasteiger partial charge on any atom is 0.136 e. The predicted octanol–water partition coefficient (Wildman–Crippen LogP) is 17.3. The van der Waals surface area contributed by atoms with E-state index in [1.807, 2.05) is 11.8 Å². The number of fused-ring (bicyclic) bond motifs is 16. The van der Waals surface area contributed by atoms with Crippen molar-refractivity contribution in [3.05, 3.63) is 240 Å². The molecule has 1 aromatic heterocycles. The summed E-state index contributed by atoms with van der Waals surface area (Å²) in [6, 6.07) is 70.5. The van der Waals surface area contributed by atoms with Crippen LogP contribution in [-0.2, 0) is 10.8 Å². The van der Waals surface area contributed by atoms with E-state index in [-0.39, 0.29) is 10.8 Å². The molecule has 314 valence electrons. The fourth-order valence-corrected chi connectivity index (χ4v) is 13.8. The van der Waals surface area contributed by atoms with Crippen molar-refractivity contribution in [2.45, 2.75) is 47.8 Å². The summed E-state index contributed by atoms with van der Waals surface area (Å²) in [6.07, 6.45) is 7.99. The highest BCUT2D eigenvalue weighted by Gasteiger charge is 2.53. The van der Waals surface area contributed by atoms with Crippen LogP contribution < -0.4 is 4.90 Å². The molecule has 0 radical (unpaired) electrons. The quantitative estimate of drug-likeness (QED) is 0.175. The minimum absolute atomic E-state index is 0.00618. The Morgan fingerprint density at radius 3 is 1.88 bits per heavy atom. The normalized spacial score (nSPS) is 17.8. The Morgan fingerprint density at radius 1 is 0.470 bits per heavy atom. The number of rotatable bonds is 4. The Balaban J connectivity index is 1.05. The van der Waals surface area contributed by atoms with Gasteiger partial charge in [-0.15, -0.1) is 0 Å². The molecule has 2 nitrogen and oxygen atoms in total. The van der Waals surface area contributed by atoms with Crippen molar-refractivity contribution < 1.29 is 4.42 Å². The van der Waals surface area contributed by atoms with Crippen molar-refractivity contribution in [1.29, 1.82) is 0 Å². The molecule has 1 spiro atoms. The monoisotopic (exact) mass is 863 g/mol. The number of hydrogen-bond donors (Lipinski definition) is 0. The van der Waals surface area contributed by atoms with Crippen molar-refractivity contribution in [3.8, 4) is 22.3 Å². The van der Waals surface area contributed by atoms with E-state index in [0.29, 0.717) is 0 Å². The number of hydrogen-bond acceptors (Lipinski definition) is 3. The van der Waals surface area contributed by atoms with Crippen LogP contribution in [0.3, 0.4) is 0 Å². The van der Waals surface area contributed by atoms with Crippen molar-refractivity contribution in [3.63, 3.8) is 0 Å². The maximum atomic E-state index is 6.43. The van der Waals surface area contributed by atoms with Crippen LogP contribution in [0.4, 0.5) is 17.1 Å². The molecular weight excluding hydrogens is 819 g/mol. The molecule has 2 heterocycles. The largest absolute Gasteiger partial charge is 0.456 e. The summed E-state index contributed by atoms with van der Waals surface area (Å²) in [7, 11) is 0. The first-order valence-corrected chi connectivity index (χ1v) is 24.0. The molecule has 0 saturated heterocycles. The molecule has 0 N–H and O–H groups in total. The van der Waals surface area contributed by atoms with Gasteiger partial charge < -0.3 is 9.32 Å². The topological polar surface area (TPSA) is 16.4 Å². The number of furan rings is 1. The highest BCUT2D eigenvalue weighted by atomic mass is 32.2. The standard InChI is InChI=1S/C63H45NOS/c1-61(2)53-37-39(30-32-47(53)49-23-14-15-36-62(49,61)3)64(55-34-33-42(41-17-4-5-20-45(41)55)46-22-16-28-57-60(46)48-21-8-12-27-56(48)65-57)40-31-35-59-54(38-40)63(52-26-11-13-29-58(52)66-59)50-24-9-6-18-43(50)44-19-7-10-25-51(44)63/h4-35,37-38H,36H2,1-3H3. The van der Waals surface area contributed by atoms with Gasteiger partial charge in [-0.05, 0) is 128 Å². The number of para-hydroxylation sites is 1. The van der Waals surface area contributed by atoms with Crippen LogP contribution in [0.2, 0.25) is 0 Å². The van der Waals surface area contributed by atoms with Gasteiger partial charge in [-0.25, -0.2) is 0 Å². The summed E-state index contributed by atoms with van der Waals surface area (Å²) in [6.45, 7) is 7.37. The second-order valence-electron chi connectivity index (χ2n) is 19.3. The first kappa shape index (κ1) is 38.0. The van der Waals surface area contributed by atoms with E-state index >= 15 is 0 Å². The van der Waals surface area contributed by atoms with Gasteiger partial charge in [0.15, 0.2) is 0 Å². The molecule has 1 atom stereocenters. The molecule has 3 heteroatoms. The fraction of sp³-hybridized carbons (Fsp3) is 0.111. The van der Waals surface area contributed by atoms with Gasteiger partial charge in [0.25, 0.3) is 0 Å². The van der Waals surface area contributed by atoms with E-state index in [0.717, 1.165) is 45.4 Å². The Bertz CT molecular complexity index is 3740. The molecule has 9 aromatic carbocycles. The van der Waals surface area contributed by atoms with Crippen molar-refractivity contribution in [2.24, 2.45) is 5.41 Å². The SMILES string of the molecule is CC12CC=CC=C1c1ccc(N(c3ccc4c(c3)C3(c5ccccc5S4)c4ccccc4-c4ccccc43)c3ccc(-c4cccc5oc6ccccc6c45)c4ccccc34)cc1C2(C)C. The molecule has 0 fully saturated rings. The first-order chi connectivity index (χ1) is 32.4. The Morgan fingerprint density at radius 2 is 1.08 bits per heavy atom. The van der Waals surface area contributed by atoms with E-state index < -0.39 is 5.41 Å². The molecule has 1 unspecified atom stereocenters. The third-order valence-electron chi connectivity index (χ3n) is 16.0. The molecule has 3 aliphatic carbocycles. The summed E-state index contributed by atoms with van der Waals surface area (Å²) in [4.78, 5) is 5.15. The average Bonchev–Trinajstić information content (AvgIpc) is 3.94. The van der Waals surface area contributed by atoms with Crippen LogP contribution >= 0.6 is 11.8 Å². The van der Waals surface area contributed by atoms with Gasteiger partial charge in [0.2, 0.25) is 0 Å². The Labute approximate surface area is 389 Å². The van der Waals surface area contributed by atoms with Crippen LogP contribution in [0.15, 0.2) is 220 Å². The minimum atomic E-state index is -0.492. The second kappa shape index (κ2) is 13.6. The van der Waals surface area contributed by atoms with Gasteiger partial charge >= 0.3 is 0 Å². The van der Waals surface area contributed by atoms with Gasteiger partial charge in [-0.1, -0.05) is 184 Å². The molecule has 66 heavy (non-hydrogen) atoms. The summed E-state index contributed by atoms with van der Waals surface area (Å²) in [5.74, 6) is 0. The zero-order valence-electron chi connectivity index (χ0n) is 37.1. The van der Waals surface area contributed by atoms with Gasteiger partial charge in [-0.3, -0.25) is 0 Å². The highest BCUT2D eigenvalue weighted by Crippen LogP contribution is 2.64. The van der Waals surface area contributed by atoms with Crippen LogP contribution in [-0.4, -0.2) is 0 Å². The number of anilines is 3. The van der Waals surface area contributed by atoms with Crippen molar-refractivity contribution in [1.82, 2.24) is 0 Å². The van der Waals surface area contributed by atoms with Crippen LogP contribution in [0, 0.1) is 5.41 Å². The van der Waals surface area contributed by atoms with Crippen LogP contribution in [0.25, 0.3) is 60.5 Å². The lowest BCUT2D eigenvalue weighted by atomic mass is 9.63. The average molecular weight is 864 g/mol. The van der Waals surface area contributed by atoms with E-state index in [4.69, 9.17) is 4.42 Å². The van der Waals surface area contributed by atoms with E-state index in [9.17, 15) is 0 Å². The molecule has 10 aromatic rings. The van der Waals surface area contributed by atoms with Crippen molar-refractivity contribution >= 4 is 67.1 Å². The summed E-state index contributed by atoms with van der Waals surface area (Å²) in [5.41, 5.74) is 19.2. The highest BCUT2D eigenvalue weighted by molar-refractivity contribution is 7.99. The number of allylic oxidation sites excluding steroid dienone is 4. The van der Waals surface area contributed by atoms with E-state index in [1.54, 1.807) is 0 Å². The van der Waals surface area contributed by atoms with E-state index in [2.05, 4.69) is 232 Å². The van der Waals surface area contributed by atoms with Gasteiger partial charge in [0.05, 0.1) is 11.1 Å². The van der Waals surface area contributed by atoms with Gasteiger partial charge in [0, 0.05) is 48.2 Å². The smallest absolute Gasteiger partial charge is 0.136 e. The maximum absolute atomic E-state index is 6.43. The van der Waals surface area contributed by atoms with Gasteiger partial charge in [-0.2, -0.15) is 0 Å². The Hall–Kier alpha value is -7.33. The summed E-state index contributed by atoms with van der Waals surface area (Å²) in [5, 5.41) is 4.68. The minimum Gasteiger partial charge on any atom is -0.456 e.